The molecule has 0 aliphatic heterocycles. The zero-order valence-corrected chi connectivity index (χ0v) is 11.8. The van der Waals surface area contributed by atoms with Gasteiger partial charge in [0.1, 0.15) is 5.82 Å². The SMILES string of the molecule is CC(C)c1nnc(SCC(=O)O)n1CC1CC1C. The summed E-state index contributed by atoms with van der Waals surface area (Å²) in [4.78, 5) is 10.6. The van der Waals surface area contributed by atoms with Crippen LogP contribution in [0.3, 0.4) is 0 Å². The third-order valence-electron chi connectivity index (χ3n) is 3.28. The summed E-state index contributed by atoms with van der Waals surface area (Å²) in [6.45, 7) is 7.34. The van der Waals surface area contributed by atoms with Crippen molar-refractivity contribution >= 4 is 17.7 Å². The van der Waals surface area contributed by atoms with Gasteiger partial charge in [0.2, 0.25) is 0 Å². The molecule has 1 heterocycles. The van der Waals surface area contributed by atoms with E-state index in [4.69, 9.17) is 5.11 Å². The Kier molecular flexibility index (Phi) is 3.94. The number of thioether (sulfide) groups is 1. The Balaban J connectivity index is 2.14. The van der Waals surface area contributed by atoms with Crippen molar-refractivity contribution in [2.75, 3.05) is 5.75 Å². The van der Waals surface area contributed by atoms with Gasteiger partial charge in [0.25, 0.3) is 0 Å². The molecule has 6 heteroatoms. The zero-order chi connectivity index (χ0) is 13.3. The Hall–Kier alpha value is -1.04. The molecule has 2 rings (SSSR count). The summed E-state index contributed by atoms with van der Waals surface area (Å²) in [6, 6.07) is 0. The summed E-state index contributed by atoms with van der Waals surface area (Å²) in [6.07, 6.45) is 1.25. The molecule has 1 fully saturated rings. The van der Waals surface area contributed by atoms with E-state index in [1.165, 1.54) is 18.2 Å². The van der Waals surface area contributed by atoms with Crippen LogP contribution in [0.4, 0.5) is 0 Å². The molecular formula is C12H19N3O2S. The molecule has 1 aliphatic rings. The van der Waals surface area contributed by atoms with E-state index in [0.717, 1.165) is 23.4 Å². The minimum atomic E-state index is -0.819. The van der Waals surface area contributed by atoms with E-state index in [1.54, 1.807) is 0 Å². The lowest BCUT2D eigenvalue weighted by Crippen LogP contribution is -2.10. The van der Waals surface area contributed by atoms with Crippen LogP contribution in [0.25, 0.3) is 0 Å². The molecule has 100 valence electrons. The lowest BCUT2D eigenvalue weighted by Gasteiger charge is -2.11. The average Bonchev–Trinajstić information content (AvgIpc) is 2.83. The van der Waals surface area contributed by atoms with Crippen molar-refractivity contribution in [2.24, 2.45) is 11.8 Å². The quantitative estimate of drug-likeness (QED) is 0.802. The standard InChI is InChI=1S/C12H19N3O2S/c1-7(2)11-13-14-12(18-6-10(16)17)15(11)5-9-4-8(9)3/h7-9H,4-6H2,1-3H3,(H,16,17). The third-order valence-corrected chi connectivity index (χ3v) is 4.23. The molecule has 0 bridgehead atoms. The molecule has 18 heavy (non-hydrogen) atoms. The first kappa shape index (κ1) is 13.4. The van der Waals surface area contributed by atoms with Crippen molar-refractivity contribution in [3.8, 4) is 0 Å². The molecule has 0 spiro atoms. The smallest absolute Gasteiger partial charge is 0.313 e. The van der Waals surface area contributed by atoms with E-state index in [0.29, 0.717) is 11.8 Å². The van der Waals surface area contributed by atoms with Crippen molar-refractivity contribution in [1.82, 2.24) is 14.8 Å². The minimum Gasteiger partial charge on any atom is -0.481 e. The molecule has 0 radical (unpaired) electrons. The first-order valence-corrected chi connectivity index (χ1v) is 7.25. The molecule has 0 saturated heterocycles. The number of carboxylic acids is 1. The van der Waals surface area contributed by atoms with Crippen LogP contribution in [0, 0.1) is 11.8 Å². The van der Waals surface area contributed by atoms with Crippen molar-refractivity contribution in [1.29, 1.82) is 0 Å². The van der Waals surface area contributed by atoms with Crippen molar-refractivity contribution < 1.29 is 9.90 Å². The van der Waals surface area contributed by atoms with Gasteiger partial charge < -0.3 is 9.67 Å². The Morgan fingerprint density at radius 3 is 2.72 bits per heavy atom. The number of aliphatic carboxylic acids is 1. The topological polar surface area (TPSA) is 68.0 Å². The summed E-state index contributed by atoms with van der Waals surface area (Å²) in [5, 5.41) is 17.8. The fraction of sp³-hybridized carbons (Fsp3) is 0.750. The van der Waals surface area contributed by atoms with E-state index in [9.17, 15) is 4.79 Å². The first-order valence-electron chi connectivity index (χ1n) is 6.26. The maximum atomic E-state index is 10.6. The zero-order valence-electron chi connectivity index (χ0n) is 11.0. The van der Waals surface area contributed by atoms with Gasteiger partial charge in [-0.1, -0.05) is 32.5 Å². The monoisotopic (exact) mass is 269 g/mol. The van der Waals surface area contributed by atoms with Crippen LogP contribution in [0.2, 0.25) is 0 Å². The molecule has 1 N–H and O–H groups in total. The molecule has 1 aliphatic carbocycles. The van der Waals surface area contributed by atoms with Crippen molar-refractivity contribution in [3.63, 3.8) is 0 Å². The van der Waals surface area contributed by atoms with Gasteiger partial charge in [0.15, 0.2) is 5.16 Å². The van der Waals surface area contributed by atoms with Crippen molar-refractivity contribution in [2.45, 2.75) is 44.8 Å². The van der Waals surface area contributed by atoms with Crippen LogP contribution in [0.15, 0.2) is 5.16 Å². The normalized spacial score (nSPS) is 22.4. The second-order valence-electron chi connectivity index (χ2n) is 5.26. The number of carbonyl (C=O) groups is 1. The number of carboxylic acid groups (broad SMARTS) is 1. The summed E-state index contributed by atoms with van der Waals surface area (Å²) < 4.78 is 2.10. The van der Waals surface area contributed by atoms with E-state index < -0.39 is 5.97 Å². The summed E-state index contributed by atoms with van der Waals surface area (Å²) in [5.74, 6) is 1.96. The van der Waals surface area contributed by atoms with Gasteiger partial charge in [-0.15, -0.1) is 10.2 Å². The molecule has 5 nitrogen and oxygen atoms in total. The highest BCUT2D eigenvalue weighted by atomic mass is 32.2. The van der Waals surface area contributed by atoms with Crippen LogP contribution in [-0.4, -0.2) is 31.6 Å². The number of hydrogen-bond donors (Lipinski definition) is 1. The van der Waals surface area contributed by atoms with Crippen LogP contribution in [0.1, 0.15) is 38.9 Å². The fourth-order valence-corrected chi connectivity index (χ4v) is 2.69. The average molecular weight is 269 g/mol. The lowest BCUT2D eigenvalue weighted by atomic mass is 10.2. The molecule has 2 unspecified atom stereocenters. The van der Waals surface area contributed by atoms with E-state index in [2.05, 4.69) is 35.5 Å². The molecule has 1 saturated carbocycles. The number of rotatable bonds is 6. The summed E-state index contributed by atoms with van der Waals surface area (Å²) >= 11 is 1.25. The second kappa shape index (κ2) is 5.30. The Morgan fingerprint density at radius 1 is 1.56 bits per heavy atom. The molecular weight excluding hydrogens is 250 g/mol. The molecule has 2 atom stereocenters. The largest absolute Gasteiger partial charge is 0.481 e. The van der Waals surface area contributed by atoms with Crippen molar-refractivity contribution in [3.05, 3.63) is 5.82 Å². The van der Waals surface area contributed by atoms with Crippen LogP contribution in [0.5, 0.6) is 0 Å². The highest BCUT2D eigenvalue weighted by Gasteiger charge is 2.34. The van der Waals surface area contributed by atoms with E-state index in [-0.39, 0.29) is 5.75 Å². The predicted molar refractivity (Wildman–Crippen MR) is 69.7 cm³/mol. The third kappa shape index (κ3) is 3.04. The molecule has 0 amide bonds. The van der Waals surface area contributed by atoms with E-state index in [1.807, 2.05) is 0 Å². The van der Waals surface area contributed by atoms with Gasteiger partial charge in [-0.05, 0) is 18.3 Å². The first-order chi connectivity index (χ1) is 8.49. The minimum absolute atomic E-state index is 0.0381. The second-order valence-corrected chi connectivity index (χ2v) is 6.20. The maximum absolute atomic E-state index is 10.6. The fourth-order valence-electron chi connectivity index (χ4n) is 2.02. The highest BCUT2D eigenvalue weighted by Crippen LogP contribution is 2.40. The van der Waals surface area contributed by atoms with Crippen LogP contribution in [-0.2, 0) is 11.3 Å². The van der Waals surface area contributed by atoms with Gasteiger partial charge in [-0.2, -0.15) is 0 Å². The summed E-state index contributed by atoms with van der Waals surface area (Å²) in [5.41, 5.74) is 0. The Morgan fingerprint density at radius 2 is 2.22 bits per heavy atom. The van der Waals surface area contributed by atoms with E-state index >= 15 is 0 Å². The predicted octanol–water partition coefficient (Wildman–Crippen LogP) is 2.23. The van der Waals surface area contributed by atoms with Gasteiger partial charge in [-0.25, -0.2) is 0 Å². The molecule has 1 aromatic heterocycles. The van der Waals surface area contributed by atoms with Gasteiger partial charge >= 0.3 is 5.97 Å². The highest BCUT2D eigenvalue weighted by molar-refractivity contribution is 7.99. The molecule has 1 aromatic rings. The molecule has 0 aromatic carbocycles. The van der Waals surface area contributed by atoms with Gasteiger partial charge in [-0.3, -0.25) is 4.79 Å². The maximum Gasteiger partial charge on any atom is 0.313 e. The Labute approximate surface area is 111 Å². The van der Waals surface area contributed by atoms with Crippen LogP contribution < -0.4 is 0 Å². The lowest BCUT2D eigenvalue weighted by molar-refractivity contribution is -0.133. The number of hydrogen-bond acceptors (Lipinski definition) is 4. The van der Waals surface area contributed by atoms with Gasteiger partial charge in [0, 0.05) is 12.5 Å². The number of aromatic nitrogens is 3. The number of nitrogens with zero attached hydrogens (tertiary/aromatic N) is 3. The Bertz CT molecular complexity index is 445. The summed E-state index contributed by atoms with van der Waals surface area (Å²) in [7, 11) is 0. The van der Waals surface area contributed by atoms with Crippen LogP contribution >= 0.6 is 11.8 Å². The van der Waals surface area contributed by atoms with Gasteiger partial charge in [0.05, 0.1) is 5.75 Å².